The molecule has 0 N–H and O–H groups in total. The van der Waals surface area contributed by atoms with E-state index in [-0.39, 0.29) is 0 Å². The summed E-state index contributed by atoms with van der Waals surface area (Å²) in [6.45, 7) is 4.26. The minimum atomic E-state index is 0.506. The Kier molecular flexibility index (Phi) is 5.04. The first-order valence-corrected chi connectivity index (χ1v) is 7.38. The van der Waals surface area contributed by atoms with Crippen LogP contribution in [0.3, 0.4) is 0 Å². The van der Waals surface area contributed by atoms with E-state index in [0.29, 0.717) is 11.8 Å². The Balaban J connectivity index is 2.02. The van der Waals surface area contributed by atoms with Gasteiger partial charge >= 0.3 is 0 Å². The summed E-state index contributed by atoms with van der Waals surface area (Å²) in [7, 11) is 0. The minimum absolute atomic E-state index is 0.506. The standard InChI is InChI=1S/C18H21Cl/c1-14-6-8-16(9-7-14)11-18(13-19)12-17-5-3-4-15(2)10-17/h3-10,18H,11-13H2,1-2H3. The average Bonchev–Trinajstić information content (AvgIpc) is 2.40. The molecule has 0 saturated carbocycles. The van der Waals surface area contributed by atoms with Crippen molar-refractivity contribution in [3.05, 3.63) is 70.8 Å². The van der Waals surface area contributed by atoms with Gasteiger partial charge < -0.3 is 0 Å². The van der Waals surface area contributed by atoms with Gasteiger partial charge in [-0.15, -0.1) is 11.6 Å². The van der Waals surface area contributed by atoms with Gasteiger partial charge in [-0.3, -0.25) is 0 Å². The zero-order valence-corrected chi connectivity index (χ0v) is 12.5. The van der Waals surface area contributed by atoms with Crippen LogP contribution in [-0.2, 0) is 12.8 Å². The molecule has 0 amide bonds. The highest BCUT2D eigenvalue weighted by atomic mass is 35.5. The normalized spacial score (nSPS) is 12.4. The number of aryl methyl sites for hydroxylation is 2. The summed E-state index contributed by atoms with van der Waals surface area (Å²) >= 11 is 6.14. The molecule has 2 aromatic rings. The second kappa shape index (κ2) is 6.77. The molecular weight excluding hydrogens is 252 g/mol. The third-order valence-corrected chi connectivity index (χ3v) is 3.91. The van der Waals surface area contributed by atoms with Crippen molar-refractivity contribution in [2.24, 2.45) is 5.92 Å². The van der Waals surface area contributed by atoms with Crippen LogP contribution in [0.5, 0.6) is 0 Å². The first kappa shape index (κ1) is 14.1. The van der Waals surface area contributed by atoms with Crippen LogP contribution in [0.15, 0.2) is 48.5 Å². The lowest BCUT2D eigenvalue weighted by molar-refractivity contribution is 0.584. The Morgan fingerprint density at radius 1 is 0.842 bits per heavy atom. The molecule has 0 bridgehead atoms. The van der Waals surface area contributed by atoms with Crippen LogP contribution in [0.2, 0.25) is 0 Å². The third-order valence-electron chi connectivity index (χ3n) is 3.47. The number of hydrogen-bond acceptors (Lipinski definition) is 0. The number of halogens is 1. The largest absolute Gasteiger partial charge is 0.126 e. The Hall–Kier alpha value is -1.27. The molecule has 1 heteroatoms. The molecule has 0 saturated heterocycles. The molecule has 2 aromatic carbocycles. The van der Waals surface area contributed by atoms with Crippen molar-refractivity contribution in [1.82, 2.24) is 0 Å². The summed E-state index contributed by atoms with van der Waals surface area (Å²) in [5, 5.41) is 0. The van der Waals surface area contributed by atoms with E-state index in [0.717, 1.165) is 12.8 Å². The van der Waals surface area contributed by atoms with Gasteiger partial charge in [-0.05, 0) is 43.7 Å². The quantitative estimate of drug-likeness (QED) is 0.676. The molecule has 100 valence electrons. The molecule has 0 aliphatic rings. The van der Waals surface area contributed by atoms with Crippen LogP contribution in [0, 0.1) is 19.8 Å². The van der Waals surface area contributed by atoms with Gasteiger partial charge in [0.05, 0.1) is 0 Å². The van der Waals surface area contributed by atoms with Crippen molar-refractivity contribution < 1.29 is 0 Å². The SMILES string of the molecule is Cc1ccc(CC(CCl)Cc2cccc(C)c2)cc1. The Labute approximate surface area is 121 Å². The lowest BCUT2D eigenvalue weighted by Crippen LogP contribution is -2.10. The third kappa shape index (κ3) is 4.40. The minimum Gasteiger partial charge on any atom is -0.126 e. The Bertz CT molecular complexity index is 513. The van der Waals surface area contributed by atoms with Crippen molar-refractivity contribution in [1.29, 1.82) is 0 Å². The molecule has 0 heterocycles. The molecular formula is C18H21Cl. The molecule has 0 aliphatic heterocycles. The topological polar surface area (TPSA) is 0 Å². The molecule has 0 aliphatic carbocycles. The van der Waals surface area contributed by atoms with E-state index in [4.69, 9.17) is 11.6 Å². The van der Waals surface area contributed by atoms with Crippen molar-refractivity contribution in [2.75, 3.05) is 5.88 Å². The van der Waals surface area contributed by atoms with Gasteiger partial charge in [-0.1, -0.05) is 59.7 Å². The lowest BCUT2D eigenvalue weighted by Gasteiger charge is -2.14. The fraction of sp³-hybridized carbons (Fsp3) is 0.333. The Morgan fingerprint density at radius 3 is 2.16 bits per heavy atom. The summed E-state index contributed by atoms with van der Waals surface area (Å²) in [5.74, 6) is 1.22. The van der Waals surface area contributed by atoms with Gasteiger partial charge in [0.25, 0.3) is 0 Å². The van der Waals surface area contributed by atoms with Gasteiger partial charge in [0.15, 0.2) is 0 Å². The first-order valence-electron chi connectivity index (χ1n) is 6.84. The summed E-state index contributed by atoms with van der Waals surface area (Å²) in [5.41, 5.74) is 5.40. The number of benzene rings is 2. The van der Waals surface area contributed by atoms with Crippen molar-refractivity contribution in [3.63, 3.8) is 0 Å². The van der Waals surface area contributed by atoms with Gasteiger partial charge in [-0.2, -0.15) is 0 Å². The maximum absolute atomic E-state index is 6.14. The highest BCUT2D eigenvalue weighted by Gasteiger charge is 2.10. The van der Waals surface area contributed by atoms with E-state index in [9.17, 15) is 0 Å². The van der Waals surface area contributed by atoms with E-state index < -0.39 is 0 Å². The predicted molar refractivity (Wildman–Crippen MR) is 84.0 cm³/mol. The fourth-order valence-electron chi connectivity index (χ4n) is 2.41. The Morgan fingerprint density at radius 2 is 1.53 bits per heavy atom. The summed E-state index contributed by atoms with van der Waals surface area (Å²) in [4.78, 5) is 0. The summed E-state index contributed by atoms with van der Waals surface area (Å²) in [6, 6.07) is 17.5. The van der Waals surface area contributed by atoms with E-state index in [1.165, 1.54) is 22.3 Å². The average molecular weight is 273 g/mol. The first-order chi connectivity index (χ1) is 9.17. The van der Waals surface area contributed by atoms with E-state index in [2.05, 4.69) is 62.4 Å². The van der Waals surface area contributed by atoms with Crippen LogP contribution < -0.4 is 0 Å². The molecule has 1 unspecified atom stereocenters. The second-order valence-corrected chi connectivity index (χ2v) is 5.71. The summed E-state index contributed by atoms with van der Waals surface area (Å²) < 4.78 is 0. The number of alkyl halides is 1. The highest BCUT2D eigenvalue weighted by molar-refractivity contribution is 6.18. The van der Waals surface area contributed by atoms with Crippen molar-refractivity contribution >= 4 is 11.6 Å². The molecule has 19 heavy (non-hydrogen) atoms. The molecule has 0 aromatic heterocycles. The second-order valence-electron chi connectivity index (χ2n) is 5.40. The molecule has 1 atom stereocenters. The van der Waals surface area contributed by atoms with Gasteiger partial charge in [0.1, 0.15) is 0 Å². The van der Waals surface area contributed by atoms with E-state index in [1.54, 1.807) is 0 Å². The smallest absolute Gasteiger partial charge is 0.0258 e. The highest BCUT2D eigenvalue weighted by Crippen LogP contribution is 2.17. The maximum atomic E-state index is 6.14. The van der Waals surface area contributed by atoms with Gasteiger partial charge in [-0.25, -0.2) is 0 Å². The van der Waals surface area contributed by atoms with Crippen molar-refractivity contribution in [3.8, 4) is 0 Å². The monoisotopic (exact) mass is 272 g/mol. The van der Waals surface area contributed by atoms with Crippen LogP contribution in [0.4, 0.5) is 0 Å². The van der Waals surface area contributed by atoms with Crippen LogP contribution in [0.25, 0.3) is 0 Å². The number of hydrogen-bond donors (Lipinski definition) is 0. The van der Waals surface area contributed by atoms with Gasteiger partial charge in [0, 0.05) is 5.88 Å². The van der Waals surface area contributed by atoms with Gasteiger partial charge in [0.2, 0.25) is 0 Å². The van der Waals surface area contributed by atoms with E-state index >= 15 is 0 Å². The zero-order valence-electron chi connectivity index (χ0n) is 11.7. The summed E-state index contributed by atoms with van der Waals surface area (Å²) in [6.07, 6.45) is 2.11. The van der Waals surface area contributed by atoms with Crippen LogP contribution >= 0.6 is 11.6 Å². The molecule has 2 rings (SSSR count). The van der Waals surface area contributed by atoms with E-state index in [1.807, 2.05) is 0 Å². The maximum Gasteiger partial charge on any atom is 0.0258 e. The number of rotatable bonds is 5. The van der Waals surface area contributed by atoms with Crippen molar-refractivity contribution in [2.45, 2.75) is 26.7 Å². The molecule has 0 nitrogen and oxygen atoms in total. The fourth-order valence-corrected chi connectivity index (χ4v) is 2.63. The molecule has 0 spiro atoms. The molecule has 0 radical (unpaired) electrons. The lowest BCUT2D eigenvalue weighted by atomic mass is 9.93. The molecule has 0 fully saturated rings. The van der Waals surface area contributed by atoms with Crippen LogP contribution in [-0.4, -0.2) is 5.88 Å². The zero-order chi connectivity index (χ0) is 13.7. The van der Waals surface area contributed by atoms with Crippen LogP contribution in [0.1, 0.15) is 22.3 Å². The predicted octanol–water partition coefficient (Wildman–Crippen LogP) is 4.94.